The second kappa shape index (κ2) is 6.23. The Morgan fingerprint density at radius 1 is 1.40 bits per heavy atom. The van der Waals surface area contributed by atoms with Crippen LogP contribution in [0.25, 0.3) is 10.2 Å². The number of aliphatic hydroxyl groups is 1. The molecule has 0 atom stereocenters. The van der Waals surface area contributed by atoms with Gasteiger partial charge in [0.25, 0.3) is 5.92 Å². The third kappa shape index (κ3) is 3.94. The van der Waals surface area contributed by atoms with Gasteiger partial charge < -0.3 is 10.4 Å². The Morgan fingerprint density at radius 3 is 2.85 bits per heavy atom. The van der Waals surface area contributed by atoms with E-state index in [0.29, 0.717) is 6.42 Å². The minimum Gasteiger partial charge on any atom is -0.390 e. The number of carbonyl (C=O) groups is 1. The fraction of sp³-hybridized carbons (Fsp3) is 0.385. The normalized spacial score (nSPS) is 11.8. The molecule has 0 aliphatic heterocycles. The Kier molecular flexibility index (Phi) is 4.61. The van der Waals surface area contributed by atoms with E-state index in [1.54, 1.807) is 0 Å². The van der Waals surface area contributed by atoms with Gasteiger partial charge in [0.2, 0.25) is 5.91 Å². The predicted octanol–water partition coefficient (Wildman–Crippen LogP) is 1.97. The Balaban J connectivity index is 1.84. The van der Waals surface area contributed by atoms with Crippen LogP contribution in [-0.4, -0.2) is 35.1 Å². The largest absolute Gasteiger partial charge is 0.390 e. The van der Waals surface area contributed by atoms with Crippen molar-refractivity contribution in [3.8, 4) is 0 Å². The second-order valence-electron chi connectivity index (χ2n) is 4.37. The van der Waals surface area contributed by atoms with Gasteiger partial charge in [-0.15, -0.1) is 11.3 Å². The molecule has 1 heterocycles. The van der Waals surface area contributed by atoms with Crippen molar-refractivity contribution in [2.24, 2.45) is 0 Å². The van der Waals surface area contributed by atoms with Crippen molar-refractivity contribution in [2.45, 2.75) is 18.8 Å². The number of nitrogens with one attached hydrogen (secondary N) is 1. The zero-order chi connectivity index (χ0) is 14.6. The maximum Gasteiger partial charge on any atom is 0.287 e. The highest BCUT2D eigenvalue weighted by Gasteiger charge is 2.28. The number of nitrogens with zero attached hydrogens (tertiary/aromatic N) is 1. The molecule has 0 bridgehead atoms. The van der Waals surface area contributed by atoms with E-state index in [0.717, 1.165) is 15.2 Å². The lowest BCUT2D eigenvalue weighted by atomic mass is 10.3. The highest BCUT2D eigenvalue weighted by Crippen LogP contribution is 2.22. The zero-order valence-electron chi connectivity index (χ0n) is 10.6. The van der Waals surface area contributed by atoms with Gasteiger partial charge in [-0.3, -0.25) is 4.79 Å². The van der Waals surface area contributed by atoms with Gasteiger partial charge in [-0.05, 0) is 12.1 Å². The molecule has 0 saturated heterocycles. The molecule has 0 saturated carbocycles. The first kappa shape index (κ1) is 14.8. The fourth-order valence-corrected chi connectivity index (χ4v) is 2.59. The molecular weight excluding hydrogens is 286 g/mol. The van der Waals surface area contributed by atoms with Crippen LogP contribution in [0.5, 0.6) is 0 Å². The number of rotatable bonds is 6. The summed E-state index contributed by atoms with van der Waals surface area (Å²) in [5.74, 6) is -3.75. The lowest BCUT2D eigenvalue weighted by Crippen LogP contribution is -2.39. The molecule has 0 fully saturated rings. The monoisotopic (exact) mass is 300 g/mol. The van der Waals surface area contributed by atoms with Gasteiger partial charge >= 0.3 is 0 Å². The van der Waals surface area contributed by atoms with Crippen molar-refractivity contribution in [2.75, 3.05) is 13.2 Å². The maximum atomic E-state index is 12.7. The molecule has 0 spiro atoms. The fourth-order valence-electron chi connectivity index (χ4n) is 1.62. The van der Waals surface area contributed by atoms with Crippen molar-refractivity contribution in [3.63, 3.8) is 0 Å². The minimum absolute atomic E-state index is 0.0985. The van der Waals surface area contributed by atoms with Crippen molar-refractivity contribution >= 4 is 27.5 Å². The lowest BCUT2D eigenvalue weighted by molar-refractivity contribution is -0.124. The Labute approximate surface area is 118 Å². The zero-order valence-corrected chi connectivity index (χ0v) is 11.4. The van der Waals surface area contributed by atoms with Crippen LogP contribution < -0.4 is 5.32 Å². The number of alkyl halides is 2. The number of hydrogen-bond acceptors (Lipinski definition) is 4. The Morgan fingerprint density at radius 2 is 2.15 bits per heavy atom. The molecule has 0 unspecified atom stereocenters. The predicted molar refractivity (Wildman–Crippen MR) is 73.0 cm³/mol. The molecule has 0 radical (unpaired) electrons. The topological polar surface area (TPSA) is 62.2 Å². The highest BCUT2D eigenvalue weighted by atomic mass is 32.1. The van der Waals surface area contributed by atoms with E-state index in [1.807, 2.05) is 24.3 Å². The maximum absolute atomic E-state index is 12.7. The summed E-state index contributed by atoms with van der Waals surface area (Å²) < 4.78 is 26.5. The average Bonchev–Trinajstić information content (AvgIpc) is 2.86. The van der Waals surface area contributed by atoms with Gasteiger partial charge in [0, 0.05) is 12.8 Å². The van der Waals surface area contributed by atoms with E-state index < -0.39 is 25.0 Å². The van der Waals surface area contributed by atoms with Gasteiger partial charge in [-0.2, -0.15) is 0 Å². The summed E-state index contributed by atoms with van der Waals surface area (Å²) in [7, 11) is 0. The molecule has 0 aliphatic carbocycles. The molecule has 2 aromatic rings. The van der Waals surface area contributed by atoms with Gasteiger partial charge in [-0.1, -0.05) is 12.1 Å². The molecule has 1 aromatic carbocycles. The minimum atomic E-state index is -3.27. The first-order valence-corrected chi connectivity index (χ1v) is 6.92. The van der Waals surface area contributed by atoms with E-state index in [2.05, 4.69) is 10.3 Å². The number of amides is 1. The molecule has 7 heteroatoms. The number of benzene rings is 1. The van der Waals surface area contributed by atoms with Gasteiger partial charge in [0.15, 0.2) is 0 Å². The first-order chi connectivity index (χ1) is 9.50. The highest BCUT2D eigenvalue weighted by molar-refractivity contribution is 7.18. The van der Waals surface area contributed by atoms with E-state index in [-0.39, 0.29) is 6.42 Å². The summed E-state index contributed by atoms with van der Waals surface area (Å²) in [6.07, 6.45) is 0.511. The summed E-state index contributed by atoms with van der Waals surface area (Å²) in [6, 6.07) is 7.62. The number of hydrogen-bond donors (Lipinski definition) is 2. The van der Waals surface area contributed by atoms with Crippen molar-refractivity contribution < 1.29 is 18.7 Å². The van der Waals surface area contributed by atoms with Gasteiger partial charge in [0.1, 0.15) is 6.61 Å². The quantitative estimate of drug-likeness (QED) is 0.857. The number of fused-ring (bicyclic) bond motifs is 1. The summed E-state index contributed by atoms with van der Waals surface area (Å²) >= 11 is 1.49. The molecule has 2 rings (SSSR count). The standard InChI is InChI=1S/C13H14F2N2O2S/c14-13(15,8-18)7-16-11(19)5-6-12-17-9-3-1-2-4-10(9)20-12/h1-4,18H,5-8H2,(H,16,19). The molecular formula is C13H14F2N2O2S. The lowest BCUT2D eigenvalue weighted by Gasteiger charge is -2.13. The van der Waals surface area contributed by atoms with Crippen LogP contribution in [0, 0.1) is 0 Å². The van der Waals surface area contributed by atoms with Crippen LogP contribution in [0.15, 0.2) is 24.3 Å². The van der Waals surface area contributed by atoms with Crippen molar-refractivity contribution in [3.05, 3.63) is 29.3 Å². The first-order valence-electron chi connectivity index (χ1n) is 6.10. The molecule has 4 nitrogen and oxygen atoms in total. The SMILES string of the molecule is O=C(CCc1nc2ccccc2s1)NCC(F)(F)CO. The summed E-state index contributed by atoms with van der Waals surface area (Å²) in [6.45, 7) is -2.12. The van der Waals surface area contributed by atoms with Crippen LogP contribution in [0.2, 0.25) is 0 Å². The smallest absolute Gasteiger partial charge is 0.287 e. The molecule has 20 heavy (non-hydrogen) atoms. The average molecular weight is 300 g/mol. The van der Waals surface area contributed by atoms with Gasteiger partial charge in [0.05, 0.1) is 21.8 Å². The molecule has 108 valence electrons. The van der Waals surface area contributed by atoms with Crippen LogP contribution in [0.3, 0.4) is 0 Å². The number of carbonyl (C=O) groups excluding carboxylic acids is 1. The number of thiazole rings is 1. The van der Waals surface area contributed by atoms with Crippen LogP contribution in [0.1, 0.15) is 11.4 Å². The van der Waals surface area contributed by atoms with E-state index in [1.165, 1.54) is 11.3 Å². The Bertz CT molecular complexity index is 568. The summed E-state index contributed by atoms with van der Waals surface area (Å²) in [5, 5.41) is 11.3. The van der Waals surface area contributed by atoms with Crippen LogP contribution >= 0.6 is 11.3 Å². The Hall–Kier alpha value is -1.60. The van der Waals surface area contributed by atoms with E-state index >= 15 is 0 Å². The number of aromatic nitrogens is 1. The summed E-state index contributed by atoms with van der Waals surface area (Å²) in [5.41, 5.74) is 0.875. The molecule has 1 aromatic heterocycles. The summed E-state index contributed by atoms with van der Waals surface area (Å²) in [4.78, 5) is 15.8. The number of para-hydroxylation sites is 1. The van der Waals surface area contributed by atoms with Gasteiger partial charge in [-0.25, -0.2) is 13.8 Å². The third-order valence-electron chi connectivity index (χ3n) is 2.68. The van der Waals surface area contributed by atoms with Crippen LogP contribution in [-0.2, 0) is 11.2 Å². The number of aryl methyl sites for hydroxylation is 1. The third-order valence-corrected chi connectivity index (χ3v) is 3.78. The number of halogens is 2. The molecule has 2 N–H and O–H groups in total. The van der Waals surface area contributed by atoms with Crippen LogP contribution in [0.4, 0.5) is 8.78 Å². The molecule has 1 amide bonds. The number of aliphatic hydroxyl groups excluding tert-OH is 1. The van der Waals surface area contributed by atoms with E-state index in [9.17, 15) is 13.6 Å². The van der Waals surface area contributed by atoms with E-state index in [4.69, 9.17) is 5.11 Å². The van der Waals surface area contributed by atoms with Crippen molar-refractivity contribution in [1.82, 2.24) is 10.3 Å². The molecule has 0 aliphatic rings. The van der Waals surface area contributed by atoms with Crippen molar-refractivity contribution in [1.29, 1.82) is 0 Å². The second-order valence-corrected chi connectivity index (χ2v) is 5.48.